The van der Waals surface area contributed by atoms with Crippen molar-refractivity contribution in [1.82, 2.24) is 10.3 Å². The summed E-state index contributed by atoms with van der Waals surface area (Å²) in [5.74, 6) is -0.422. The number of halogens is 1. The van der Waals surface area contributed by atoms with E-state index in [0.717, 1.165) is 5.56 Å². The van der Waals surface area contributed by atoms with Gasteiger partial charge in [0.05, 0.1) is 6.04 Å². The van der Waals surface area contributed by atoms with Crippen LogP contribution in [-0.2, 0) is 0 Å². The maximum absolute atomic E-state index is 12.0. The Hall–Kier alpha value is -2.07. The van der Waals surface area contributed by atoms with Crippen LogP contribution >= 0.6 is 11.6 Å². The minimum absolute atomic E-state index is 0.0846. The highest BCUT2D eigenvalue weighted by Gasteiger charge is 2.15. The first-order valence-electron chi connectivity index (χ1n) is 5.82. The van der Waals surface area contributed by atoms with Crippen molar-refractivity contribution in [3.63, 3.8) is 0 Å². The summed E-state index contributed by atoms with van der Waals surface area (Å²) in [5, 5.41) is 3.33. The molecule has 0 bridgehead atoms. The summed E-state index contributed by atoms with van der Waals surface area (Å²) in [4.78, 5) is 26.0. The molecule has 0 saturated carbocycles. The van der Waals surface area contributed by atoms with E-state index in [4.69, 9.17) is 11.6 Å². The van der Waals surface area contributed by atoms with E-state index in [-0.39, 0.29) is 11.6 Å². The van der Waals surface area contributed by atoms with Crippen LogP contribution in [0.5, 0.6) is 0 Å². The lowest BCUT2D eigenvalue weighted by atomic mass is 10.1. The first-order valence-corrected chi connectivity index (χ1v) is 6.20. The summed E-state index contributed by atoms with van der Waals surface area (Å²) in [6.45, 7) is 1.82. The van der Waals surface area contributed by atoms with Gasteiger partial charge in [-0.05, 0) is 30.7 Å². The highest BCUT2D eigenvalue weighted by molar-refractivity contribution is 6.31. The fourth-order valence-corrected chi connectivity index (χ4v) is 2.08. The van der Waals surface area contributed by atoms with Crippen molar-refractivity contribution >= 4 is 17.5 Å². The number of carbonyl (C=O) groups is 1. The normalized spacial score (nSPS) is 11.9. The molecule has 98 valence electrons. The molecule has 19 heavy (non-hydrogen) atoms. The minimum Gasteiger partial charge on any atom is -0.345 e. The minimum atomic E-state index is -0.422. The third-order valence-corrected chi connectivity index (χ3v) is 3.13. The lowest BCUT2D eigenvalue weighted by Crippen LogP contribution is -2.31. The maximum Gasteiger partial charge on any atom is 0.260 e. The van der Waals surface area contributed by atoms with Crippen LogP contribution < -0.4 is 10.9 Å². The lowest BCUT2D eigenvalue weighted by Gasteiger charge is -2.15. The van der Waals surface area contributed by atoms with Crippen molar-refractivity contribution in [2.45, 2.75) is 13.0 Å². The zero-order chi connectivity index (χ0) is 13.8. The summed E-state index contributed by atoms with van der Waals surface area (Å²) >= 11 is 6.06. The molecule has 1 amide bonds. The second-order valence-electron chi connectivity index (χ2n) is 4.13. The number of nitrogens with one attached hydrogen (secondary N) is 2. The van der Waals surface area contributed by atoms with E-state index in [9.17, 15) is 9.59 Å². The topological polar surface area (TPSA) is 62.0 Å². The van der Waals surface area contributed by atoms with Gasteiger partial charge < -0.3 is 10.3 Å². The number of pyridine rings is 1. The van der Waals surface area contributed by atoms with Gasteiger partial charge in [0, 0.05) is 11.2 Å². The van der Waals surface area contributed by atoms with Gasteiger partial charge in [0.25, 0.3) is 11.5 Å². The first-order chi connectivity index (χ1) is 9.09. The molecule has 4 nitrogen and oxygen atoms in total. The number of rotatable bonds is 3. The highest BCUT2D eigenvalue weighted by Crippen LogP contribution is 2.22. The molecule has 0 fully saturated rings. The number of aromatic amines is 1. The Bertz CT molecular complexity index is 652. The van der Waals surface area contributed by atoms with E-state index in [1.54, 1.807) is 12.1 Å². The van der Waals surface area contributed by atoms with Gasteiger partial charge in [-0.15, -0.1) is 0 Å². The SMILES string of the molecule is CC(NC(=O)c1ccc[nH]c1=O)c1ccccc1Cl. The van der Waals surface area contributed by atoms with Crippen LogP contribution in [0.15, 0.2) is 47.4 Å². The molecule has 2 aromatic rings. The molecular weight excluding hydrogens is 264 g/mol. The molecule has 0 aliphatic carbocycles. The summed E-state index contributed by atoms with van der Waals surface area (Å²) in [5.41, 5.74) is 0.484. The van der Waals surface area contributed by atoms with Gasteiger partial charge in [-0.25, -0.2) is 0 Å². The number of amides is 1. The quantitative estimate of drug-likeness (QED) is 0.905. The molecule has 1 atom stereocenters. The van der Waals surface area contributed by atoms with Crippen molar-refractivity contribution in [2.75, 3.05) is 0 Å². The number of hydrogen-bond acceptors (Lipinski definition) is 2. The fraction of sp³-hybridized carbons (Fsp3) is 0.143. The Kier molecular flexibility index (Phi) is 4.02. The Morgan fingerprint density at radius 1 is 1.26 bits per heavy atom. The third-order valence-electron chi connectivity index (χ3n) is 2.78. The molecule has 0 spiro atoms. The molecule has 1 aromatic carbocycles. The van der Waals surface area contributed by atoms with E-state index >= 15 is 0 Å². The summed E-state index contributed by atoms with van der Waals surface area (Å²) < 4.78 is 0. The van der Waals surface area contributed by atoms with Crippen LogP contribution in [0.25, 0.3) is 0 Å². The van der Waals surface area contributed by atoms with Gasteiger partial charge in [-0.3, -0.25) is 9.59 Å². The Morgan fingerprint density at radius 3 is 2.68 bits per heavy atom. The molecular formula is C14H13ClN2O2. The molecule has 0 saturated heterocycles. The standard InChI is InChI=1S/C14H13ClN2O2/c1-9(10-5-2-3-7-12(10)15)17-14(19)11-6-4-8-16-13(11)18/h2-9H,1H3,(H,16,18)(H,17,19). The largest absolute Gasteiger partial charge is 0.345 e. The smallest absolute Gasteiger partial charge is 0.260 e. The monoisotopic (exact) mass is 276 g/mol. The van der Waals surface area contributed by atoms with Crippen molar-refractivity contribution in [3.8, 4) is 0 Å². The Morgan fingerprint density at radius 2 is 2.00 bits per heavy atom. The molecule has 1 unspecified atom stereocenters. The zero-order valence-corrected chi connectivity index (χ0v) is 11.1. The van der Waals surface area contributed by atoms with Crippen molar-refractivity contribution in [1.29, 1.82) is 0 Å². The van der Waals surface area contributed by atoms with Crippen LogP contribution in [0.3, 0.4) is 0 Å². The average molecular weight is 277 g/mol. The lowest BCUT2D eigenvalue weighted by molar-refractivity contribution is 0.0938. The van der Waals surface area contributed by atoms with Crippen molar-refractivity contribution in [2.24, 2.45) is 0 Å². The van der Waals surface area contributed by atoms with Gasteiger partial charge in [-0.1, -0.05) is 29.8 Å². The van der Waals surface area contributed by atoms with Gasteiger partial charge in [0.1, 0.15) is 5.56 Å². The predicted octanol–water partition coefficient (Wildman–Crippen LogP) is 2.52. The van der Waals surface area contributed by atoms with Gasteiger partial charge in [0.2, 0.25) is 0 Å². The van der Waals surface area contributed by atoms with E-state index in [0.29, 0.717) is 5.02 Å². The number of carbonyl (C=O) groups excluding carboxylic acids is 1. The predicted molar refractivity (Wildman–Crippen MR) is 74.4 cm³/mol. The Balaban J connectivity index is 2.18. The molecule has 1 aromatic heterocycles. The van der Waals surface area contributed by atoms with E-state index < -0.39 is 11.5 Å². The van der Waals surface area contributed by atoms with Crippen molar-refractivity contribution in [3.05, 3.63) is 69.1 Å². The average Bonchev–Trinajstić information content (AvgIpc) is 2.39. The van der Waals surface area contributed by atoms with Crippen LogP contribution in [0, 0.1) is 0 Å². The van der Waals surface area contributed by atoms with Gasteiger partial charge >= 0.3 is 0 Å². The highest BCUT2D eigenvalue weighted by atomic mass is 35.5. The fourth-order valence-electron chi connectivity index (χ4n) is 1.78. The number of hydrogen-bond donors (Lipinski definition) is 2. The second-order valence-corrected chi connectivity index (χ2v) is 4.54. The molecule has 0 radical (unpaired) electrons. The first kappa shape index (κ1) is 13.4. The van der Waals surface area contributed by atoms with Crippen LogP contribution in [-0.4, -0.2) is 10.9 Å². The number of H-pyrrole nitrogens is 1. The van der Waals surface area contributed by atoms with Crippen LogP contribution in [0.2, 0.25) is 5.02 Å². The van der Waals surface area contributed by atoms with Crippen molar-refractivity contribution < 1.29 is 4.79 Å². The summed E-state index contributed by atoms with van der Waals surface area (Å²) in [6, 6.07) is 10.1. The molecule has 0 aliphatic heterocycles. The summed E-state index contributed by atoms with van der Waals surface area (Å²) in [6.07, 6.45) is 1.48. The zero-order valence-electron chi connectivity index (χ0n) is 10.3. The third kappa shape index (κ3) is 3.03. The Labute approximate surface area is 115 Å². The maximum atomic E-state index is 12.0. The summed E-state index contributed by atoms with van der Waals surface area (Å²) in [7, 11) is 0. The van der Waals surface area contributed by atoms with Gasteiger partial charge in [0.15, 0.2) is 0 Å². The van der Waals surface area contributed by atoms with E-state index in [1.807, 2.05) is 25.1 Å². The molecule has 1 heterocycles. The number of aromatic nitrogens is 1. The number of benzene rings is 1. The molecule has 5 heteroatoms. The second kappa shape index (κ2) is 5.71. The molecule has 2 rings (SSSR count). The van der Waals surface area contributed by atoms with Crippen LogP contribution in [0.1, 0.15) is 28.9 Å². The van der Waals surface area contributed by atoms with E-state index in [1.165, 1.54) is 12.3 Å². The molecule has 2 N–H and O–H groups in total. The van der Waals surface area contributed by atoms with Gasteiger partial charge in [-0.2, -0.15) is 0 Å². The van der Waals surface area contributed by atoms with Crippen LogP contribution in [0.4, 0.5) is 0 Å². The van der Waals surface area contributed by atoms with E-state index in [2.05, 4.69) is 10.3 Å². The molecule has 0 aliphatic rings.